The van der Waals surface area contributed by atoms with Crippen molar-refractivity contribution in [2.45, 2.75) is 44.6 Å². The van der Waals surface area contributed by atoms with Gasteiger partial charge in [0.05, 0.1) is 16.6 Å². The third kappa shape index (κ3) is 6.23. The van der Waals surface area contributed by atoms with Gasteiger partial charge in [-0.2, -0.15) is 5.10 Å². The molecule has 2 heterocycles. The SMILES string of the molecule is C[Si](C)(C)CCOCOc1ccc(Cl)c(Cl)c1C1CC(=O)N(CCn2cccn2)C1. The number of likely N-dealkylation sites (tertiary alicyclic amines) is 1. The summed E-state index contributed by atoms with van der Waals surface area (Å²) < 4.78 is 13.4. The van der Waals surface area contributed by atoms with Gasteiger partial charge in [0.15, 0.2) is 6.79 Å². The predicted molar refractivity (Wildman–Crippen MR) is 122 cm³/mol. The highest BCUT2D eigenvalue weighted by atomic mass is 35.5. The fraction of sp³-hybridized carbons (Fsp3) is 0.524. The summed E-state index contributed by atoms with van der Waals surface area (Å²) in [4.78, 5) is 14.4. The lowest BCUT2D eigenvalue weighted by atomic mass is 9.97. The molecule has 1 aliphatic rings. The first-order valence-electron chi connectivity index (χ1n) is 10.2. The van der Waals surface area contributed by atoms with Gasteiger partial charge in [-0.15, -0.1) is 0 Å². The summed E-state index contributed by atoms with van der Waals surface area (Å²) in [5, 5.41) is 5.10. The molecule has 1 aliphatic heterocycles. The molecule has 164 valence electrons. The van der Waals surface area contributed by atoms with Crippen LogP contribution in [0.1, 0.15) is 17.9 Å². The number of hydrogen-bond donors (Lipinski definition) is 0. The van der Waals surface area contributed by atoms with E-state index in [4.69, 9.17) is 32.7 Å². The maximum absolute atomic E-state index is 12.6. The lowest BCUT2D eigenvalue weighted by molar-refractivity contribution is -0.127. The molecule has 1 unspecified atom stereocenters. The Morgan fingerprint density at radius 2 is 2.03 bits per heavy atom. The van der Waals surface area contributed by atoms with Gasteiger partial charge < -0.3 is 14.4 Å². The Bertz CT molecular complexity index is 856. The number of rotatable bonds is 10. The van der Waals surface area contributed by atoms with Crippen molar-refractivity contribution in [3.05, 3.63) is 46.2 Å². The number of hydrogen-bond acceptors (Lipinski definition) is 4. The minimum atomic E-state index is -1.15. The molecule has 6 nitrogen and oxygen atoms in total. The van der Waals surface area contributed by atoms with Crippen molar-refractivity contribution in [3.8, 4) is 5.75 Å². The van der Waals surface area contributed by atoms with Crippen LogP contribution in [0.25, 0.3) is 0 Å². The minimum absolute atomic E-state index is 0.0710. The molecule has 3 rings (SSSR count). The van der Waals surface area contributed by atoms with Crippen LogP contribution in [0.4, 0.5) is 0 Å². The topological polar surface area (TPSA) is 56.6 Å². The maximum atomic E-state index is 12.6. The number of carbonyl (C=O) groups is 1. The first-order valence-corrected chi connectivity index (χ1v) is 14.6. The molecular weight excluding hydrogens is 441 g/mol. The average molecular weight is 470 g/mol. The Balaban J connectivity index is 1.64. The molecule has 30 heavy (non-hydrogen) atoms. The van der Waals surface area contributed by atoms with E-state index in [-0.39, 0.29) is 18.6 Å². The van der Waals surface area contributed by atoms with Crippen molar-refractivity contribution in [2.75, 3.05) is 26.5 Å². The Kier molecular flexibility index (Phi) is 7.85. The van der Waals surface area contributed by atoms with Crippen LogP contribution in [0.3, 0.4) is 0 Å². The Morgan fingerprint density at radius 3 is 2.73 bits per heavy atom. The summed E-state index contributed by atoms with van der Waals surface area (Å²) in [7, 11) is -1.15. The highest BCUT2D eigenvalue weighted by Gasteiger charge is 2.34. The van der Waals surface area contributed by atoms with E-state index in [9.17, 15) is 4.79 Å². The smallest absolute Gasteiger partial charge is 0.223 e. The lowest BCUT2D eigenvalue weighted by Gasteiger charge is -2.20. The molecule has 1 saturated heterocycles. The van der Waals surface area contributed by atoms with Crippen LogP contribution in [-0.2, 0) is 16.1 Å². The normalized spacial score (nSPS) is 17.0. The number of aromatic nitrogens is 2. The zero-order valence-corrected chi connectivity index (χ0v) is 20.2. The van der Waals surface area contributed by atoms with Crippen molar-refractivity contribution in [2.24, 2.45) is 0 Å². The van der Waals surface area contributed by atoms with Gasteiger partial charge in [-0.3, -0.25) is 9.48 Å². The van der Waals surface area contributed by atoms with Gasteiger partial charge >= 0.3 is 0 Å². The molecule has 0 aliphatic carbocycles. The van der Waals surface area contributed by atoms with Crippen molar-refractivity contribution in [1.29, 1.82) is 0 Å². The first kappa shape index (κ1) is 23.1. The molecule has 0 radical (unpaired) electrons. The summed E-state index contributed by atoms with van der Waals surface area (Å²) in [5.41, 5.74) is 0.785. The summed E-state index contributed by atoms with van der Waals surface area (Å²) in [6.07, 6.45) is 4.00. The summed E-state index contributed by atoms with van der Waals surface area (Å²) in [6.45, 7) is 9.59. The van der Waals surface area contributed by atoms with Crippen molar-refractivity contribution >= 4 is 37.2 Å². The molecule has 0 saturated carbocycles. The van der Waals surface area contributed by atoms with Crippen LogP contribution in [0.2, 0.25) is 35.7 Å². The van der Waals surface area contributed by atoms with Crippen molar-refractivity contribution in [1.82, 2.24) is 14.7 Å². The number of halogens is 2. The largest absolute Gasteiger partial charge is 0.467 e. The molecule has 9 heteroatoms. The van der Waals surface area contributed by atoms with Gasteiger partial charge in [-0.1, -0.05) is 42.8 Å². The van der Waals surface area contributed by atoms with E-state index in [1.54, 1.807) is 12.3 Å². The van der Waals surface area contributed by atoms with Gasteiger partial charge in [0.1, 0.15) is 5.75 Å². The third-order valence-electron chi connectivity index (χ3n) is 5.17. The molecule has 1 fully saturated rings. The molecule has 0 bridgehead atoms. The van der Waals surface area contributed by atoms with E-state index in [1.807, 2.05) is 27.9 Å². The van der Waals surface area contributed by atoms with Crippen LogP contribution in [0.15, 0.2) is 30.6 Å². The van der Waals surface area contributed by atoms with Crippen LogP contribution in [0.5, 0.6) is 5.75 Å². The van der Waals surface area contributed by atoms with Gasteiger partial charge in [-0.05, 0) is 24.2 Å². The quantitative estimate of drug-likeness (QED) is 0.282. The second-order valence-electron chi connectivity index (χ2n) is 8.76. The number of carbonyl (C=O) groups excluding carboxylic acids is 1. The highest BCUT2D eigenvalue weighted by Crippen LogP contribution is 2.42. The van der Waals surface area contributed by atoms with Gasteiger partial charge in [0.25, 0.3) is 0 Å². The number of nitrogens with zero attached hydrogens (tertiary/aromatic N) is 3. The van der Waals surface area contributed by atoms with Crippen LogP contribution < -0.4 is 4.74 Å². The standard InChI is InChI=1S/C21H29Cl2N3O3Si/c1-30(2,3)12-11-28-15-29-18-6-5-17(22)21(23)20(18)16-13-19(27)25(14-16)9-10-26-8-4-7-24-26/h4-8,16H,9-15H2,1-3H3. The van der Waals surface area contributed by atoms with Crippen LogP contribution in [0, 0.1) is 0 Å². The molecule has 0 N–H and O–H groups in total. The molecule has 1 amide bonds. The zero-order chi connectivity index (χ0) is 21.7. The Morgan fingerprint density at radius 1 is 1.23 bits per heavy atom. The maximum Gasteiger partial charge on any atom is 0.223 e. The van der Waals surface area contributed by atoms with E-state index in [0.29, 0.717) is 48.5 Å². The minimum Gasteiger partial charge on any atom is -0.467 e. The highest BCUT2D eigenvalue weighted by molar-refractivity contribution is 6.76. The van der Waals surface area contributed by atoms with E-state index >= 15 is 0 Å². The predicted octanol–water partition coefficient (Wildman–Crippen LogP) is 4.90. The van der Waals surface area contributed by atoms with E-state index in [1.165, 1.54) is 0 Å². The summed E-state index contributed by atoms with van der Waals surface area (Å²) in [6, 6.07) is 6.47. The first-order chi connectivity index (χ1) is 14.2. The fourth-order valence-electron chi connectivity index (χ4n) is 3.43. The molecule has 1 aromatic carbocycles. The molecule has 0 spiro atoms. The van der Waals surface area contributed by atoms with Crippen LogP contribution >= 0.6 is 23.2 Å². The lowest BCUT2D eigenvalue weighted by Crippen LogP contribution is -2.29. The van der Waals surface area contributed by atoms with Crippen molar-refractivity contribution < 1.29 is 14.3 Å². The summed E-state index contributed by atoms with van der Waals surface area (Å²) in [5.74, 6) is 0.656. The molecule has 2 aromatic rings. The molecule has 1 aromatic heterocycles. The number of ether oxygens (including phenoxy) is 2. The Labute approximate surface area is 189 Å². The van der Waals surface area contributed by atoms with Crippen LogP contribution in [-0.4, -0.2) is 55.2 Å². The van der Waals surface area contributed by atoms with Gasteiger partial charge in [0, 0.05) is 58.1 Å². The van der Waals surface area contributed by atoms with E-state index in [0.717, 1.165) is 11.6 Å². The monoisotopic (exact) mass is 469 g/mol. The van der Waals surface area contributed by atoms with Gasteiger partial charge in [0.2, 0.25) is 5.91 Å². The van der Waals surface area contributed by atoms with E-state index < -0.39 is 8.07 Å². The second kappa shape index (κ2) is 10.2. The average Bonchev–Trinajstić information content (AvgIpc) is 3.31. The molecule has 1 atom stereocenters. The van der Waals surface area contributed by atoms with Gasteiger partial charge in [-0.25, -0.2) is 0 Å². The Hall–Kier alpha value is -1.54. The second-order valence-corrected chi connectivity index (χ2v) is 15.2. The zero-order valence-electron chi connectivity index (χ0n) is 17.7. The third-order valence-corrected chi connectivity index (χ3v) is 7.69. The van der Waals surface area contributed by atoms with Crippen molar-refractivity contribution in [3.63, 3.8) is 0 Å². The van der Waals surface area contributed by atoms with E-state index in [2.05, 4.69) is 24.7 Å². The number of amides is 1. The molecular formula is C21H29Cl2N3O3Si. The summed E-state index contributed by atoms with van der Waals surface area (Å²) >= 11 is 12.8. The number of benzene rings is 1. The fourth-order valence-corrected chi connectivity index (χ4v) is 4.67.